The summed E-state index contributed by atoms with van der Waals surface area (Å²) < 4.78 is 17.4. The fourth-order valence-electron chi connectivity index (χ4n) is 2.46. The molecular weight excluding hydrogens is 266 g/mol. The highest BCUT2D eigenvalue weighted by Gasteiger charge is 2.29. The summed E-state index contributed by atoms with van der Waals surface area (Å²) in [6, 6.07) is 15.1. The summed E-state index contributed by atoms with van der Waals surface area (Å²) >= 11 is 0. The average Bonchev–Trinajstić information content (AvgIpc) is 2.54. The summed E-state index contributed by atoms with van der Waals surface area (Å²) in [5, 5.41) is 0. The highest BCUT2D eigenvalue weighted by molar-refractivity contribution is 5.42. The Kier molecular flexibility index (Phi) is 3.97. The second-order valence-corrected chi connectivity index (χ2v) is 4.91. The normalized spacial score (nSPS) is 18.1. The molecule has 0 aromatic heterocycles. The van der Waals surface area contributed by atoms with Crippen molar-refractivity contribution in [3.63, 3.8) is 0 Å². The Balaban J connectivity index is 1.82. The van der Waals surface area contributed by atoms with E-state index in [1.54, 1.807) is 0 Å². The number of benzene rings is 2. The maximum Gasteiger partial charge on any atom is 0.161 e. The van der Waals surface area contributed by atoms with Crippen LogP contribution in [0.25, 0.3) is 0 Å². The Morgan fingerprint density at radius 3 is 2.67 bits per heavy atom. The molecule has 0 saturated carbocycles. The van der Waals surface area contributed by atoms with Gasteiger partial charge in [0, 0.05) is 5.56 Å². The first-order valence-electron chi connectivity index (χ1n) is 7.15. The first-order valence-corrected chi connectivity index (χ1v) is 7.15. The van der Waals surface area contributed by atoms with Crippen LogP contribution in [0.4, 0.5) is 0 Å². The molecule has 0 aliphatic carbocycles. The third kappa shape index (κ3) is 2.81. The van der Waals surface area contributed by atoms with E-state index in [0.29, 0.717) is 13.2 Å². The number of fused-ring (bicyclic) bond motifs is 1. The predicted molar refractivity (Wildman–Crippen MR) is 80.9 cm³/mol. The summed E-state index contributed by atoms with van der Waals surface area (Å²) in [4.78, 5) is 0. The molecule has 2 atom stereocenters. The van der Waals surface area contributed by atoms with Crippen LogP contribution in [0.2, 0.25) is 0 Å². The van der Waals surface area contributed by atoms with E-state index in [0.717, 1.165) is 22.8 Å². The van der Waals surface area contributed by atoms with E-state index >= 15 is 0 Å². The van der Waals surface area contributed by atoms with Crippen LogP contribution in [0.15, 0.2) is 48.5 Å². The largest absolute Gasteiger partial charge is 0.494 e. The van der Waals surface area contributed by atoms with Crippen molar-refractivity contribution in [1.82, 2.24) is 0 Å². The van der Waals surface area contributed by atoms with Crippen molar-refractivity contribution in [2.75, 3.05) is 13.2 Å². The first-order chi connectivity index (χ1) is 10.3. The van der Waals surface area contributed by atoms with Crippen molar-refractivity contribution < 1.29 is 14.2 Å². The van der Waals surface area contributed by atoms with Gasteiger partial charge in [0.1, 0.15) is 12.4 Å². The molecule has 21 heavy (non-hydrogen) atoms. The number of nitrogens with two attached hydrogens (primary N) is 1. The van der Waals surface area contributed by atoms with Crippen LogP contribution in [0.1, 0.15) is 18.5 Å². The van der Waals surface area contributed by atoms with E-state index in [1.165, 1.54) is 0 Å². The zero-order chi connectivity index (χ0) is 14.7. The van der Waals surface area contributed by atoms with Gasteiger partial charge >= 0.3 is 0 Å². The van der Waals surface area contributed by atoms with E-state index in [1.807, 2.05) is 55.5 Å². The number of para-hydroxylation sites is 3. The van der Waals surface area contributed by atoms with Crippen molar-refractivity contribution in [2.24, 2.45) is 5.73 Å². The molecule has 0 saturated heterocycles. The van der Waals surface area contributed by atoms with Crippen LogP contribution in [-0.4, -0.2) is 19.3 Å². The molecule has 2 N–H and O–H groups in total. The predicted octanol–water partition coefficient (Wildman–Crippen LogP) is 2.93. The average molecular weight is 285 g/mol. The zero-order valence-corrected chi connectivity index (χ0v) is 12.0. The van der Waals surface area contributed by atoms with Gasteiger partial charge in [-0.15, -0.1) is 0 Å². The van der Waals surface area contributed by atoms with Gasteiger partial charge in [-0.2, -0.15) is 0 Å². The minimum absolute atomic E-state index is 0.235. The van der Waals surface area contributed by atoms with Crippen LogP contribution in [0, 0.1) is 0 Å². The van der Waals surface area contributed by atoms with Crippen molar-refractivity contribution in [3.8, 4) is 17.2 Å². The van der Waals surface area contributed by atoms with Gasteiger partial charge in [-0.25, -0.2) is 0 Å². The van der Waals surface area contributed by atoms with Crippen LogP contribution in [-0.2, 0) is 0 Å². The van der Waals surface area contributed by atoms with Gasteiger partial charge in [0.15, 0.2) is 17.6 Å². The summed E-state index contributed by atoms with van der Waals surface area (Å²) in [7, 11) is 0. The molecule has 1 heterocycles. The minimum atomic E-state index is -0.305. The molecule has 2 aromatic carbocycles. The first kappa shape index (κ1) is 13.8. The molecule has 2 unspecified atom stereocenters. The maximum absolute atomic E-state index is 6.37. The number of hydrogen-bond acceptors (Lipinski definition) is 4. The monoisotopic (exact) mass is 285 g/mol. The molecule has 4 heteroatoms. The van der Waals surface area contributed by atoms with Crippen molar-refractivity contribution in [3.05, 3.63) is 54.1 Å². The molecule has 0 amide bonds. The lowest BCUT2D eigenvalue weighted by Crippen LogP contribution is -2.39. The van der Waals surface area contributed by atoms with E-state index in [9.17, 15) is 0 Å². The lowest BCUT2D eigenvalue weighted by Gasteiger charge is -2.31. The molecule has 3 rings (SSSR count). The molecule has 110 valence electrons. The number of ether oxygens (including phenoxy) is 3. The Labute approximate surface area is 124 Å². The third-order valence-corrected chi connectivity index (χ3v) is 3.51. The van der Waals surface area contributed by atoms with Crippen LogP contribution in [0.3, 0.4) is 0 Å². The van der Waals surface area contributed by atoms with E-state index in [2.05, 4.69) is 0 Å². The standard InChI is InChI=1S/C17H19NO3/c1-2-19-13-8-4-3-7-12(13)17(18)16-11-20-14-9-5-6-10-15(14)21-16/h3-10,16-17H,2,11,18H2,1H3. The van der Waals surface area contributed by atoms with E-state index < -0.39 is 0 Å². The molecule has 1 aliphatic heterocycles. The Morgan fingerprint density at radius 1 is 1.14 bits per heavy atom. The summed E-state index contributed by atoms with van der Waals surface area (Å²) in [5.74, 6) is 2.30. The summed E-state index contributed by atoms with van der Waals surface area (Å²) in [6.45, 7) is 2.99. The lowest BCUT2D eigenvalue weighted by molar-refractivity contribution is 0.0713. The van der Waals surface area contributed by atoms with E-state index in [4.69, 9.17) is 19.9 Å². The Bertz CT molecular complexity index is 614. The van der Waals surface area contributed by atoms with Crippen molar-refractivity contribution in [2.45, 2.75) is 19.1 Å². The third-order valence-electron chi connectivity index (χ3n) is 3.51. The molecule has 0 radical (unpaired) electrons. The van der Waals surface area contributed by atoms with Crippen molar-refractivity contribution >= 4 is 0 Å². The topological polar surface area (TPSA) is 53.7 Å². The van der Waals surface area contributed by atoms with Gasteiger partial charge in [-0.3, -0.25) is 0 Å². The fourth-order valence-corrected chi connectivity index (χ4v) is 2.46. The molecule has 4 nitrogen and oxygen atoms in total. The SMILES string of the molecule is CCOc1ccccc1C(N)C1COc2ccccc2O1. The Morgan fingerprint density at radius 2 is 1.86 bits per heavy atom. The zero-order valence-electron chi connectivity index (χ0n) is 12.0. The fraction of sp³-hybridized carbons (Fsp3) is 0.294. The smallest absolute Gasteiger partial charge is 0.161 e. The van der Waals surface area contributed by atoms with Gasteiger partial charge < -0.3 is 19.9 Å². The van der Waals surface area contributed by atoms with E-state index in [-0.39, 0.29) is 12.1 Å². The van der Waals surface area contributed by atoms with Gasteiger partial charge in [-0.1, -0.05) is 30.3 Å². The van der Waals surface area contributed by atoms with Gasteiger partial charge in [0.05, 0.1) is 12.6 Å². The molecular formula is C17H19NO3. The second-order valence-electron chi connectivity index (χ2n) is 4.91. The number of hydrogen-bond donors (Lipinski definition) is 1. The van der Waals surface area contributed by atoms with Crippen molar-refractivity contribution in [1.29, 1.82) is 0 Å². The minimum Gasteiger partial charge on any atom is -0.494 e. The quantitative estimate of drug-likeness (QED) is 0.938. The Hall–Kier alpha value is -2.20. The summed E-state index contributed by atoms with van der Waals surface area (Å²) in [5.41, 5.74) is 7.31. The van der Waals surface area contributed by atoms with Gasteiger partial charge in [0.25, 0.3) is 0 Å². The van der Waals surface area contributed by atoms with Crippen LogP contribution >= 0.6 is 0 Å². The number of rotatable bonds is 4. The molecule has 0 spiro atoms. The van der Waals surface area contributed by atoms with Gasteiger partial charge in [0.2, 0.25) is 0 Å². The highest BCUT2D eigenvalue weighted by Crippen LogP contribution is 2.35. The molecule has 2 aromatic rings. The molecule has 0 bridgehead atoms. The molecule has 0 fully saturated rings. The van der Waals surface area contributed by atoms with Crippen LogP contribution < -0.4 is 19.9 Å². The lowest BCUT2D eigenvalue weighted by atomic mass is 10.0. The van der Waals surface area contributed by atoms with Crippen LogP contribution in [0.5, 0.6) is 17.2 Å². The maximum atomic E-state index is 6.37. The van der Waals surface area contributed by atoms with Gasteiger partial charge in [-0.05, 0) is 25.1 Å². The highest BCUT2D eigenvalue weighted by atomic mass is 16.6. The second kappa shape index (κ2) is 6.06. The summed E-state index contributed by atoms with van der Waals surface area (Å²) in [6.07, 6.45) is -0.235. The molecule has 1 aliphatic rings.